The highest BCUT2D eigenvalue weighted by molar-refractivity contribution is 8.43. The van der Waals surface area contributed by atoms with Crippen molar-refractivity contribution in [1.29, 1.82) is 0 Å². The molecule has 1 N–H and O–H groups in total. The molecule has 3 rings (SSSR count). The molecule has 0 fully saturated rings. The van der Waals surface area contributed by atoms with E-state index in [1.54, 1.807) is 6.92 Å². The molecule has 3 aromatic carbocycles. The van der Waals surface area contributed by atoms with Gasteiger partial charge in [0.2, 0.25) is 7.50 Å². The Bertz CT molecular complexity index is 870. The van der Waals surface area contributed by atoms with Gasteiger partial charge in [0.05, 0.1) is 0 Å². The summed E-state index contributed by atoms with van der Waals surface area (Å²) in [6.07, 6.45) is 0. The van der Waals surface area contributed by atoms with Crippen molar-refractivity contribution >= 4 is 36.5 Å². The summed E-state index contributed by atoms with van der Waals surface area (Å²) in [5.41, 5.74) is 0.952. The van der Waals surface area contributed by atoms with Crippen LogP contribution in [-0.4, -0.2) is 12.0 Å². The molecule has 0 aliphatic heterocycles. The smallest absolute Gasteiger partial charge is 0.323 e. The van der Waals surface area contributed by atoms with Gasteiger partial charge in [0.25, 0.3) is 0 Å². The van der Waals surface area contributed by atoms with E-state index in [1.807, 2.05) is 72.8 Å². The van der Waals surface area contributed by atoms with Gasteiger partial charge in [-0.2, -0.15) is 0 Å². The van der Waals surface area contributed by atoms with Crippen molar-refractivity contribution in [2.45, 2.75) is 19.6 Å². The van der Waals surface area contributed by atoms with E-state index >= 15 is 0 Å². The van der Waals surface area contributed by atoms with Gasteiger partial charge >= 0.3 is 5.97 Å². The van der Waals surface area contributed by atoms with E-state index in [9.17, 15) is 4.79 Å². The topological polar surface area (TPSA) is 47.6 Å². The molecule has 0 amide bonds. The van der Waals surface area contributed by atoms with E-state index in [0.717, 1.165) is 22.1 Å². The molecule has 0 aliphatic carbocycles. The first-order valence-corrected chi connectivity index (χ1v) is 10.7. The summed E-state index contributed by atoms with van der Waals surface area (Å²) in [5.74, 6) is 0.401. The van der Waals surface area contributed by atoms with Gasteiger partial charge in [0.1, 0.15) is 18.4 Å². The SMILES string of the molecule is CC(NP(S)Oc1cccc2ccccc12)C(=O)OCc1ccccc1. The lowest BCUT2D eigenvalue weighted by Gasteiger charge is -2.19. The fourth-order valence-corrected chi connectivity index (χ4v) is 4.09. The Balaban J connectivity index is 1.55. The Hall–Kier alpha value is -2.07. The Morgan fingerprint density at radius 3 is 2.54 bits per heavy atom. The van der Waals surface area contributed by atoms with Crippen LogP contribution in [0.2, 0.25) is 0 Å². The molecule has 3 aromatic rings. The predicted octanol–water partition coefficient (Wildman–Crippen LogP) is 5.10. The second-order valence-corrected chi connectivity index (χ2v) is 7.86. The molecule has 26 heavy (non-hydrogen) atoms. The minimum Gasteiger partial charge on any atom is -0.460 e. The van der Waals surface area contributed by atoms with Crippen LogP contribution in [0.3, 0.4) is 0 Å². The highest BCUT2D eigenvalue weighted by Crippen LogP contribution is 2.41. The zero-order valence-corrected chi connectivity index (χ0v) is 16.1. The lowest BCUT2D eigenvalue weighted by Crippen LogP contribution is -2.32. The largest absolute Gasteiger partial charge is 0.460 e. The van der Waals surface area contributed by atoms with Crippen LogP contribution in [0.5, 0.6) is 5.75 Å². The van der Waals surface area contributed by atoms with Crippen LogP contribution in [-0.2, 0) is 16.1 Å². The fraction of sp³-hybridized carbons (Fsp3) is 0.150. The van der Waals surface area contributed by atoms with Crippen LogP contribution >= 0.6 is 19.7 Å². The van der Waals surface area contributed by atoms with E-state index < -0.39 is 13.5 Å². The van der Waals surface area contributed by atoms with Gasteiger partial charge in [-0.15, -0.1) is 0 Å². The maximum Gasteiger partial charge on any atom is 0.323 e. The second-order valence-electron chi connectivity index (χ2n) is 5.79. The molecule has 0 radical (unpaired) electrons. The Morgan fingerprint density at radius 1 is 1.04 bits per heavy atom. The van der Waals surface area contributed by atoms with E-state index in [1.165, 1.54) is 0 Å². The van der Waals surface area contributed by atoms with Crippen molar-refractivity contribution in [1.82, 2.24) is 5.09 Å². The van der Waals surface area contributed by atoms with E-state index in [-0.39, 0.29) is 12.6 Å². The first-order valence-electron chi connectivity index (χ1n) is 8.25. The van der Waals surface area contributed by atoms with Crippen LogP contribution in [0.25, 0.3) is 10.8 Å². The van der Waals surface area contributed by atoms with Crippen LogP contribution in [0, 0.1) is 0 Å². The van der Waals surface area contributed by atoms with Gasteiger partial charge in [-0.3, -0.25) is 4.79 Å². The van der Waals surface area contributed by atoms with Crippen molar-refractivity contribution in [2.24, 2.45) is 0 Å². The molecule has 0 heterocycles. The summed E-state index contributed by atoms with van der Waals surface area (Å²) in [7, 11) is -1.32. The molecule has 0 saturated heterocycles. The number of hydrogen-bond donors (Lipinski definition) is 2. The molecule has 0 aliphatic rings. The fourth-order valence-electron chi connectivity index (χ4n) is 2.47. The average molecular weight is 385 g/mol. The standard InChI is InChI=1S/C20H20NO3PS/c1-15(20(22)23-14-16-8-3-2-4-9-16)21-25(26)24-19-13-7-11-17-10-5-6-12-18(17)19/h2-13,15,21,26H,14H2,1H3. The van der Waals surface area contributed by atoms with Crippen LogP contribution in [0.4, 0.5) is 0 Å². The van der Waals surface area contributed by atoms with Gasteiger partial charge in [0, 0.05) is 5.39 Å². The van der Waals surface area contributed by atoms with Crippen LogP contribution in [0.1, 0.15) is 12.5 Å². The minimum atomic E-state index is -1.32. The monoisotopic (exact) mass is 385 g/mol. The van der Waals surface area contributed by atoms with Crippen molar-refractivity contribution < 1.29 is 14.1 Å². The summed E-state index contributed by atoms with van der Waals surface area (Å²) in [6, 6.07) is 22.9. The number of ether oxygens (including phenoxy) is 1. The Labute approximate surface area is 159 Å². The lowest BCUT2D eigenvalue weighted by molar-refractivity contribution is -0.146. The highest BCUT2D eigenvalue weighted by Gasteiger charge is 2.19. The van der Waals surface area contributed by atoms with Gasteiger partial charge < -0.3 is 9.26 Å². The van der Waals surface area contributed by atoms with Crippen molar-refractivity contribution in [3.8, 4) is 5.75 Å². The van der Waals surface area contributed by atoms with Crippen LogP contribution in [0.15, 0.2) is 72.8 Å². The molecule has 134 valence electrons. The molecule has 0 spiro atoms. The van der Waals surface area contributed by atoms with E-state index in [4.69, 9.17) is 9.26 Å². The normalized spacial score (nSPS) is 13.2. The summed E-state index contributed by atoms with van der Waals surface area (Å²) in [6.45, 7) is 1.99. The number of hydrogen-bond acceptors (Lipinski definition) is 5. The molecule has 2 unspecified atom stereocenters. The quantitative estimate of drug-likeness (QED) is 0.338. The zero-order valence-electron chi connectivity index (χ0n) is 14.3. The number of rotatable bonds is 7. The third-order valence-electron chi connectivity index (χ3n) is 3.82. The molecule has 6 heteroatoms. The molecule has 0 aromatic heterocycles. The Morgan fingerprint density at radius 2 is 1.73 bits per heavy atom. The van der Waals surface area contributed by atoms with E-state index in [0.29, 0.717) is 0 Å². The minimum absolute atomic E-state index is 0.250. The molecule has 0 saturated carbocycles. The number of carbonyl (C=O) groups excluding carboxylic acids is 1. The molecular formula is C20H20NO3PS. The van der Waals surface area contributed by atoms with Gasteiger partial charge in [-0.1, -0.05) is 79.0 Å². The number of carbonyl (C=O) groups is 1. The predicted molar refractivity (Wildman–Crippen MR) is 109 cm³/mol. The highest BCUT2D eigenvalue weighted by atomic mass is 32.7. The first-order chi connectivity index (χ1) is 12.6. The average Bonchev–Trinajstić information content (AvgIpc) is 2.67. The zero-order chi connectivity index (χ0) is 18.4. The number of fused-ring (bicyclic) bond motifs is 1. The number of esters is 1. The number of thiol groups is 1. The third-order valence-corrected chi connectivity index (χ3v) is 5.39. The lowest BCUT2D eigenvalue weighted by atomic mass is 10.1. The summed E-state index contributed by atoms with van der Waals surface area (Å²) >= 11 is 4.46. The second kappa shape index (κ2) is 9.04. The first kappa shape index (κ1) is 18.7. The molecular weight excluding hydrogens is 365 g/mol. The third kappa shape index (κ3) is 4.98. The molecule has 0 bridgehead atoms. The summed E-state index contributed by atoms with van der Waals surface area (Å²) in [5, 5.41) is 5.17. The van der Waals surface area contributed by atoms with Crippen molar-refractivity contribution in [2.75, 3.05) is 0 Å². The number of benzene rings is 3. The van der Waals surface area contributed by atoms with Gasteiger partial charge in [0.15, 0.2) is 0 Å². The molecule has 2 atom stereocenters. The van der Waals surface area contributed by atoms with Crippen molar-refractivity contribution in [3.05, 3.63) is 78.4 Å². The van der Waals surface area contributed by atoms with Crippen LogP contribution < -0.4 is 9.61 Å². The van der Waals surface area contributed by atoms with E-state index in [2.05, 4.69) is 17.3 Å². The maximum absolute atomic E-state index is 12.2. The number of nitrogens with one attached hydrogen (secondary N) is 1. The van der Waals surface area contributed by atoms with Crippen molar-refractivity contribution in [3.63, 3.8) is 0 Å². The molecule has 4 nitrogen and oxygen atoms in total. The van der Waals surface area contributed by atoms with Gasteiger partial charge in [-0.25, -0.2) is 5.09 Å². The van der Waals surface area contributed by atoms with Gasteiger partial charge in [-0.05, 0) is 23.9 Å². The summed E-state index contributed by atoms with van der Waals surface area (Å²) in [4.78, 5) is 12.2. The maximum atomic E-state index is 12.2. The summed E-state index contributed by atoms with van der Waals surface area (Å²) < 4.78 is 11.3. The Kier molecular flexibility index (Phi) is 6.51.